The lowest BCUT2D eigenvalue weighted by atomic mass is 10.1. The number of aromatic amines is 1. The van der Waals surface area contributed by atoms with Crippen LogP contribution < -0.4 is 5.32 Å². The number of hydrogen-bond acceptors (Lipinski definition) is 4. The van der Waals surface area contributed by atoms with Crippen molar-refractivity contribution in [3.63, 3.8) is 0 Å². The van der Waals surface area contributed by atoms with E-state index in [9.17, 15) is 14.4 Å². The first kappa shape index (κ1) is 17.2. The summed E-state index contributed by atoms with van der Waals surface area (Å²) in [5.41, 5.74) is 2.13. The molecular weight excluding hydrogens is 298 g/mol. The zero-order chi connectivity index (χ0) is 17.1. The third kappa shape index (κ3) is 3.61. The fourth-order valence-corrected chi connectivity index (χ4v) is 2.89. The summed E-state index contributed by atoms with van der Waals surface area (Å²) in [5.74, 6) is -0.602. The van der Waals surface area contributed by atoms with Crippen LogP contribution in [0.1, 0.15) is 46.0 Å². The Labute approximate surface area is 135 Å². The Kier molecular flexibility index (Phi) is 5.20. The number of hydrogen-bond donors (Lipinski definition) is 2. The Balaban J connectivity index is 2.08. The highest BCUT2D eigenvalue weighted by atomic mass is 16.5. The van der Waals surface area contributed by atoms with E-state index in [1.165, 1.54) is 6.92 Å². The number of carbonyl (C=O) groups is 3. The second kappa shape index (κ2) is 6.95. The summed E-state index contributed by atoms with van der Waals surface area (Å²) in [5, 5.41) is 2.70. The minimum atomic E-state index is -0.635. The van der Waals surface area contributed by atoms with Crippen molar-refractivity contribution in [1.82, 2.24) is 15.2 Å². The zero-order valence-electron chi connectivity index (χ0n) is 14.0. The highest BCUT2D eigenvalue weighted by Gasteiger charge is 2.26. The fourth-order valence-electron chi connectivity index (χ4n) is 2.89. The van der Waals surface area contributed by atoms with E-state index in [1.54, 1.807) is 25.7 Å². The molecule has 2 rings (SSSR count). The van der Waals surface area contributed by atoms with Crippen LogP contribution in [-0.2, 0) is 9.53 Å². The molecule has 0 spiro atoms. The Morgan fingerprint density at radius 2 is 1.83 bits per heavy atom. The quantitative estimate of drug-likeness (QED) is 0.803. The number of rotatable bonds is 4. The van der Waals surface area contributed by atoms with Crippen LogP contribution >= 0.6 is 0 Å². The number of nitrogens with one attached hydrogen (secondary N) is 2. The van der Waals surface area contributed by atoms with E-state index in [1.807, 2.05) is 0 Å². The van der Waals surface area contributed by atoms with Crippen molar-refractivity contribution in [3.8, 4) is 0 Å². The van der Waals surface area contributed by atoms with Crippen molar-refractivity contribution in [3.05, 3.63) is 22.5 Å². The molecule has 0 saturated carbocycles. The molecule has 126 valence electrons. The Morgan fingerprint density at radius 3 is 2.35 bits per heavy atom. The Morgan fingerprint density at radius 1 is 1.22 bits per heavy atom. The van der Waals surface area contributed by atoms with Gasteiger partial charge in [-0.15, -0.1) is 0 Å². The van der Waals surface area contributed by atoms with Gasteiger partial charge in [0.15, 0.2) is 5.78 Å². The molecule has 0 radical (unpaired) electrons. The summed E-state index contributed by atoms with van der Waals surface area (Å²) in [6, 6.07) is -0.635. The lowest BCUT2D eigenvalue weighted by Gasteiger charge is -2.29. The first-order chi connectivity index (χ1) is 10.8. The van der Waals surface area contributed by atoms with Gasteiger partial charge < -0.3 is 19.9 Å². The maximum atomic E-state index is 12.4. The number of ether oxygens (including phenoxy) is 1. The first-order valence-electron chi connectivity index (χ1n) is 7.70. The molecule has 7 nitrogen and oxygen atoms in total. The van der Waals surface area contributed by atoms with Crippen molar-refractivity contribution >= 4 is 17.6 Å². The summed E-state index contributed by atoms with van der Waals surface area (Å²) < 4.78 is 5.22. The van der Waals surface area contributed by atoms with Crippen molar-refractivity contribution in [2.45, 2.75) is 33.7 Å². The van der Waals surface area contributed by atoms with Crippen LogP contribution in [0.2, 0.25) is 0 Å². The Hall–Kier alpha value is -2.15. The minimum Gasteiger partial charge on any atom is -0.378 e. The van der Waals surface area contributed by atoms with Crippen molar-refractivity contribution in [1.29, 1.82) is 0 Å². The molecule has 0 bridgehead atoms. The lowest BCUT2D eigenvalue weighted by Crippen LogP contribution is -2.50. The van der Waals surface area contributed by atoms with E-state index >= 15 is 0 Å². The third-order valence-electron chi connectivity index (χ3n) is 4.06. The summed E-state index contributed by atoms with van der Waals surface area (Å²) in [6.07, 6.45) is 0. The molecule has 0 aromatic carbocycles. The summed E-state index contributed by atoms with van der Waals surface area (Å²) in [7, 11) is 0. The molecule has 1 fully saturated rings. The predicted octanol–water partition coefficient (Wildman–Crippen LogP) is 0.811. The second-order valence-electron chi connectivity index (χ2n) is 5.81. The van der Waals surface area contributed by atoms with E-state index in [0.29, 0.717) is 48.8 Å². The molecule has 2 heterocycles. The average Bonchev–Trinajstić information content (AvgIpc) is 2.82. The molecule has 1 aromatic heterocycles. The Bertz CT molecular complexity index is 630. The standard InChI is InChI=1S/C16H23N3O4/c1-9-13(12(4)20)10(2)17-14(9)15(21)18-11(3)16(22)19-5-7-23-8-6-19/h11,17H,5-8H2,1-4H3,(H,18,21)/t11-/m0/s1. The van der Waals surface area contributed by atoms with Crippen molar-refractivity contribution in [2.24, 2.45) is 0 Å². The first-order valence-corrected chi connectivity index (χ1v) is 7.70. The van der Waals surface area contributed by atoms with E-state index in [4.69, 9.17) is 4.74 Å². The fraction of sp³-hybridized carbons (Fsp3) is 0.562. The van der Waals surface area contributed by atoms with E-state index in [2.05, 4.69) is 10.3 Å². The van der Waals surface area contributed by atoms with Crippen LogP contribution in [0.3, 0.4) is 0 Å². The van der Waals surface area contributed by atoms with Gasteiger partial charge in [0.25, 0.3) is 5.91 Å². The van der Waals surface area contributed by atoms with Crippen molar-refractivity contribution in [2.75, 3.05) is 26.3 Å². The summed E-state index contributed by atoms with van der Waals surface area (Å²) >= 11 is 0. The molecule has 1 saturated heterocycles. The maximum absolute atomic E-state index is 12.4. The van der Waals surface area contributed by atoms with E-state index in [0.717, 1.165) is 0 Å². The van der Waals surface area contributed by atoms with Gasteiger partial charge in [0.05, 0.1) is 13.2 Å². The number of aryl methyl sites for hydroxylation is 1. The van der Waals surface area contributed by atoms with E-state index in [-0.39, 0.29) is 17.6 Å². The van der Waals surface area contributed by atoms with Gasteiger partial charge in [0.1, 0.15) is 11.7 Å². The SMILES string of the molecule is CC(=O)c1c(C)[nH]c(C(=O)N[C@@H](C)C(=O)N2CCOCC2)c1C. The average molecular weight is 321 g/mol. The van der Waals surface area contributed by atoms with Gasteiger partial charge in [-0.1, -0.05) is 0 Å². The number of nitrogens with zero attached hydrogens (tertiary/aromatic N) is 1. The number of Topliss-reactive ketones (excluding diaryl/α,β-unsaturated/α-hetero) is 1. The van der Waals surface area contributed by atoms with Gasteiger partial charge in [-0.2, -0.15) is 0 Å². The number of morpholine rings is 1. The maximum Gasteiger partial charge on any atom is 0.268 e. The smallest absolute Gasteiger partial charge is 0.268 e. The summed E-state index contributed by atoms with van der Waals surface area (Å²) in [6.45, 7) is 8.71. The number of H-pyrrole nitrogens is 1. The summed E-state index contributed by atoms with van der Waals surface area (Å²) in [4.78, 5) is 41.0. The van der Waals surface area contributed by atoms with Gasteiger partial charge in [0.2, 0.25) is 5.91 Å². The van der Waals surface area contributed by atoms with Crippen LogP contribution in [0.4, 0.5) is 0 Å². The minimum absolute atomic E-state index is 0.0901. The topological polar surface area (TPSA) is 91.5 Å². The molecule has 1 aliphatic rings. The molecule has 23 heavy (non-hydrogen) atoms. The van der Waals surface area contributed by atoms with Crippen LogP contribution in [-0.4, -0.2) is 59.8 Å². The number of amides is 2. The molecule has 0 unspecified atom stereocenters. The van der Waals surface area contributed by atoms with Gasteiger partial charge in [0, 0.05) is 24.3 Å². The molecular formula is C16H23N3O4. The van der Waals surface area contributed by atoms with Crippen LogP contribution in [0.5, 0.6) is 0 Å². The molecule has 1 atom stereocenters. The number of aromatic nitrogens is 1. The largest absolute Gasteiger partial charge is 0.378 e. The number of carbonyl (C=O) groups excluding carboxylic acids is 3. The van der Waals surface area contributed by atoms with Gasteiger partial charge >= 0.3 is 0 Å². The van der Waals surface area contributed by atoms with Crippen LogP contribution in [0, 0.1) is 13.8 Å². The molecule has 1 aromatic rings. The molecule has 7 heteroatoms. The highest BCUT2D eigenvalue weighted by Crippen LogP contribution is 2.18. The van der Waals surface area contributed by atoms with Crippen LogP contribution in [0.25, 0.3) is 0 Å². The third-order valence-corrected chi connectivity index (χ3v) is 4.06. The van der Waals surface area contributed by atoms with Crippen LogP contribution in [0.15, 0.2) is 0 Å². The highest BCUT2D eigenvalue weighted by molar-refractivity contribution is 6.03. The predicted molar refractivity (Wildman–Crippen MR) is 84.6 cm³/mol. The normalized spacial score (nSPS) is 16.1. The molecule has 0 aliphatic carbocycles. The monoisotopic (exact) mass is 321 g/mol. The van der Waals surface area contributed by atoms with Gasteiger partial charge in [-0.05, 0) is 33.3 Å². The van der Waals surface area contributed by atoms with E-state index < -0.39 is 6.04 Å². The second-order valence-corrected chi connectivity index (χ2v) is 5.81. The zero-order valence-corrected chi connectivity index (χ0v) is 14.0. The molecule has 1 aliphatic heterocycles. The van der Waals surface area contributed by atoms with Crippen molar-refractivity contribution < 1.29 is 19.1 Å². The van der Waals surface area contributed by atoms with Gasteiger partial charge in [-0.3, -0.25) is 14.4 Å². The van der Waals surface area contributed by atoms with Gasteiger partial charge in [-0.25, -0.2) is 0 Å². The molecule has 2 amide bonds. The number of ketones is 1. The lowest BCUT2D eigenvalue weighted by molar-refractivity contribution is -0.136. The molecule has 2 N–H and O–H groups in total.